The average Bonchev–Trinajstić information content (AvgIpc) is 3.38. The minimum Gasteiger partial charge on any atom is -0.441 e. The molecule has 0 aromatic carbocycles. The summed E-state index contributed by atoms with van der Waals surface area (Å²) in [5.41, 5.74) is -0.246. The number of furan rings is 1. The van der Waals surface area contributed by atoms with Crippen LogP contribution in [0.15, 0.2) is 50.7 Å². The maximum Gasteiger partial charge on any atom is 0.452 e. The smallest absolute Gasteiger partial charge is 0.441 e. The lowest BCUT2D eigenvalue weighted by molar-refractivity contribution is -0.155. The second-order valence-corrected chi connectivity index (χ2v) is 8.00. The van der Waals surface area contributed by atoms with Crippen molar-refractivity contribution in [1.82, 2.24) is 19.4 Å². The van der Waals surface area contributed by atoms with E-state index < -0.39 is 22.0 Å². The van der Waals surface area contributed by atoms with Crippen molar-refractivity contribution in [3.63, 3.8) is 0 Å². The van der Waals surface area contributed by atoms with Gasteiger partial charge >= 0.3 is 6.18 Å². The SMILES string of the molecule is O=S(=O)(c1ccc(-c2cc(C(F)(F)F)on2)o1)N1CCN(c2ncccn2)CC1. The molecule has 154 valence electrons. The van der Waals surface area contributed by atoms with E-state index in [-0.39, 0.29) is 29.6 Å². The first kappa shape index (κ1) is 19.4. The summed E-state index contributed by atoms with van der Waals surface area (Å²) in [6.45, 7) is 1.13. The molecule has 29 heavy (non-hydrogen) atoms. The minimum atomic E-state index is -4.70. The molecule has 9 nitrogen and oxygen atoms in total. The van der Waals surface area contributed by atoms with Gasteiger partial charge in [-0.05, 0) is 18.2 Å². The van der Waals surface area contributed by atoms with Crippen molar-refractivity contribution in [1.29, 1.82) is 0 Å². The number of hydrogen-bond acceptors (Lipinski definition) is 8. The van der Waals surface area contributed by atoms with Crippen LogP contribution in [0.4, 0.5) is 19.1 Å². The van der Waals surface area contributed by atoms with Gasteiger partial charge in [0.05, 0.1) is 0 Å². The monoisotopic (exact) mass is 429 g/mol. The fourth-order valence-corrected chi connectivity index (χ4v) is 4.17. The Morgan fingerprint density at radius 3 is 2.34 bits per heavy atom. The number of piperazine rings is 1. The molecule has 0 amide bonds. The molecule has 0 bridgehead atoms. The fraction of sp³-hybridized carbons (Fsp3) is 0.312. The van der Waals surface area contributed by atoms with Gasteiger partial charge in [-0.25, -0.2) is 18.4 Å². The summed E-state index contributed by atoms with van der Waals surface area (Å²) >= 11 is 0. The quantitative estimate of drug-likeness (QED) is 0.622. The normalized spacial score (nSPS) is 16.3. The third kappa shape index (κ3) is 3.82. The zero-order valence-electron chi connectivity index (χ0n) is 14.7. The first-order valence-electron chi connectivity index (χ1n) is 8.41. The molecule has 4 rings (SSSR count). The standard InChI is InChI=1S/C16H14F3N5O4S/c17-16(18,19)13-10-11(22-28-13)12-2-3-14(27-12)29(25,26)24-8-6-23(7-9-24)15-20-4-1-5-21-15/h1-5,10H,6-9H2. The highest BCUT2D eigenvalue weighted by Crippen LogP contribution is 2.33. The van der Waals surface area contributed by atoms with Crippen molar-refractivity contribution >= 4 is 16.0 Å². The molecule has 1 aliphatic heterocycles. The second-order valence-electron chi connectivity index (χ2n) is 6.13. The third-order valence-electron chi connectivity index (χ3n) is 4.29. The van der Waals surface area contributed by atoms with E-state index in [9.17, 15) is 21.6 Å². The van der Waals surface area contributed by atoms with Crippen molar-refractivity contribution < 1.29 is 30.5 Å². The molecule has 3 aromatic rings. The van der Waals surface area contributed by atoms with Crippen LogP contribution in [0.2, 0.25) is 0 Å². The molecule has 0 radical (unpaired) electrons. The Morgan fingerprint density at radius 1 is 1.03 bits per heavy atom. The lowest BCUT2D eigenvalue weighted by Gasteiger charge is -2.33. The van der Waals surface area contributed by atoms with Crippen LogP contribution >= 0.6 is 0 Å². The molecule has 0 atom stereocenters. The molecular formula is C16H14F3N5O4S. The summed E-state index contributed by atoms with van der Waals surface area (Å²) in [6.07, 6.45) is -1.50. The van der Waals surface area contributed by atoms with Crippen molar-refractivity contribution in [2.24, 2.45) is 0 Å². The van der Waals surface area contributed by atoms with E-state index in [0.717, 1.165) is 0 Å². The molecule has 3 aromatic heterocycles. The van der Waals surface area contributed by atoms with E-state index in [1.165, 1.54) is 16.4 Å². The van der Waals surface area contributed by atoms with Gasteiger partial charge in [0.25, 0.3) is 10.0 Å². The number of aromatic nitrogens is 3. The number of anilines is 1. The highest BCUT2D eigenvalue weighted by molar-refractivity contribution is 7.89. The summed E-state index contributed by atoms with van der Waals surface area (Å²) in [6, 6.07) is 4.75. The van der Waals surface area contributed by atoms with Gasteiger partial charge in [0, 0.05) is 44.6 Å². The van der Waals surface area contributed by atoms with E-state index in [2.05, 4.69) is 19.6 Å². The summed E-state index contributed by atoms with van der Waals surface area (Å²) in [7, 11) is -3.96. The Labute approximate surface area is 162 Å². The van der Waals surface area contributed by atoms with Gasteiger partial charge in [-0.3, -0.25) is 0 Å². The summed E-state index contributed by atoms with van der Waals surface area (Å²) in [4.78, 5) is 10.1. The van der Waals surface area contributed by atoms with Gasteiger partial charge < -0.3 is 13.8 Å². The second kappa shape index (κ2) is 7.15. The summed E-state index contributed by atoms with van der Waals surface area (Å²) in [5, 5.41) is 2.91. The van der Waals surface area contributed by atoms with Gasteiger partial charge in [0.2, 0.25) is 16.8 Å². The Hall–Kier alpha value is -2.93. The summed E-state index contributed by atoms with van der Waals surface area (Å²) in [5.74, 6) is -0.928. The molecule has 0 unspecified atom stereocenters. The molecule has 1 saturated heterocycles. The molecule has 0 saturated carbocycles. The van der Waals surface area contributed by atoms with E-state index in [1.807, 2.05) is 4.90 Å². The van der Waals surface area contributed by atoms with E-state index >= 15 is 0 Å². The van der Waals surface area contributed by atoms with E-state index in [1.54, 1.807) is 18.5 Å². The van der Waals surface area contributed by atoms with Crippen LogP contribution in [-0.4, -0.2) is 54.0 Å². The number of rotatable bonds is 4. The van der Waals surface area contributed by atoms with Crippen molar-refractivity contribution in [2.45, 2.75) is 11.3 Å². The molecule has 4 heterocycles. The van der Waals surface area contributed by atoms with Crippen LogP contribution in [0.3, 0.4) is 0 Å². The van der Waals surface area contributed by atoms with Gasteiger partial charge in [0.15, 0.2) is 5.76 Å². The zero-order valence-corrected chi connectivity index (χ0v) is 15.5. The van der Waals surface area contributed by atoms with Crippen LogP contribution < -0.4 is 4.90 Å². The largest absolute Gasteiger partial charge is 0.452 e. The Kier molecular flexibility index (Phi) is 4.78. The molecule has 13 heteroatoms. The topological polar surface area (TPSA) is 106 Å². The Morgan fingerprint density at radius 2 is 1.72 bits per heavy atom. The minimum absolute atomic E-state index is 0.140. The molecule has 1 fully saturated rings. The van der Waals surface area contributed by atoms with Crippen molar-refractivity contribution in [3.05, 3.63) is 42.4 Å². The molecule has 0 N–H and O–H groups in total. The fourth-order valence-electron chi connectivity index (χ4n) is 2.83. The van der Waals surface area contributed by atoms with Crippen LogP contribution in [0, 0.1) is 0 Å². The van der Waals surface area contributed by atoms with Crippen LogP contribution in [-0.2, 0) is 16.2 Å². The Balaban J connectivity index is 1.48. The first-order valence-corrected chi connectivity index (χ1v) is 9.85. The average molecular weight is 429 g/mol. The highest BCUT2D eigenvalue weighted by atomic mass is 32.2. The van der Waals surface area contributed by atoms with Gasteiger partial charge in [-0.15, -0.1) is 0 Å². The molecular weight excluding hydrogens is 415 g/mol. The van der Waals surface area contributed by atoms with Crippen LogP contribution in [0.5, 0.6) is 0 Å². The van der Waals surface area contributed by atoms with Crippen molar-refractivity contribution in [3.8, 4) is 11.5 Å². The maximum atomic E-state index is 12.8. The van der Waals surface area contributed by atoms with Crippen LogP contribution in [0.1, 0.15) is 5.76 Å². The Bertz CT molecular complexity index is 1090. The van der Waals surface area contributed by atoms with Gasteiger partial charge in [-0.1, -0.05) is 5.16 Å². The van der Waals surface area contributed by atoms with E-state index in [0.29, 0.717) is 25.1 Å². The van der Waals surface area contributed by atoms with E-state index in [4.69, 9.17) is 4.42 Å². The van der Waals surface area contributed by atoms with Crippen molar-refractivity contribution in [2.75, 3.05) is 31.1 Å². The number of hydrogen-bond donors (Lipinski definition) is 0. The number of halogens is 3. The first-order chi connectivity index (χ1) is 13.7. The predicted octanol–water partition coefficient (Wildman–Crippen LogP) is 2.25. The zero-order chi connectivity index (χ0) is 20.6. The lowest BCUT2D eigenvalue weighted by Crippen LogP contribution is -2.49. The molecule has 0 spiro atoms. The number of sulfonamides is 1. The number of alkyl halides is 3. The molecule has 1 aliphatic rings. The highest BCUT2D eigenvalue weighted by Gasteiger charge is 2.37. The molecule has 0 aliphatic carbocycles. The summed E-state index contributed by atoms with van der Waals surface area (Å²) < 4.78 is 74.2. The van der Waals surface area contributed by atoms with Gasteiger partial charge in [0.1, 0.15) is 5.69 Å². The third-order valence-corrected chi connectivity index (χ3v) is 6.06. The predicted molar refractivity (Wildman–Crippen MR) is 92.2 cm³/mol. The lowest BCUT2D eigenvalue weighted by atomic mass is 10.3. The number of nitrogens with zero attached hydrogens (tertiary/aromatic N) is 5. The van der Waals surface area contributed by atoms with Crippen LogP contribution in [0.25, 0.3) is 11.5 Å². The maximum absolute atomic E-state index is 12.8. The van der Waals surface area contributed by atoms with Gasteiger partial charge in [-0.2, -0.15) is 17.5 Å².